The van der Waals surface area contributed by atoms with Gasteiger partial charge in [0.2, 0.25) is 15.9 Å². The lowest BCUT2D eigenvalue weighted by Gasteiger charge is -2.29. The molecular formula is C19H31N3O5S. The number of amides is 1. The van der Waals surface area contributed by atoms with Crippen LogP contribution in [0.1, 0.15) is 20.3 Å². The van der Waals surface area contributed by atoms with Crippen molar-refractivity contribution in [2.45, 2.75) is 25.2 Å². The number of sulfonamides is 1. The van der Waals surface area contributed by atoms with Crippen molar-refractivity contribution < 1.29 is 22.7 Å². The van der Waals surface area contributed by atoms with Gasteiger partial charge in [-0.15, -0.1) is 0 Å². The lowest BCUT2D eigenvalue weighted by Crippen LogP contribution is -2.47. The van der Waals surface area contributed by atoms with Gasteiger partial charge in [0, 0.05) is 51.8 Å². The highest BCUT2D eigenvalue weighted by Gasteiger charge is 2.28. The summed E-state index contributed by atoms with van der Waals surface area (Å²) in [6.07, 6.45) is 0.166. The third-order valence-electron chi connectivity index (χ3n) is 4.61. The fraction of sp³-hybridized carbons (Fsp3) is 0.632. The molecule has 8 nitrogen and oxygen atoms in total. The van der Waals surface area contributed by atoms with Gasteiger partial charge in [0.25, 0.3) is 0 Å². The zero-order valence-electron chi connectivity index (χ0n) is 17.1. The minimum atomic E-state index is -3.77. The van der Waals surface area contributed by atoms with Gasteiger partial charge in [-0.2, -0.15) is 4.31 Å². The highest BCUT2D eigenvalue weighted by Crippen LogP contribution is 2.31. The van der Waals surface area contributed by atoms with E-state index in [2.05, 4.69) is 5.32 Å². The van der Waals surface area contributed by atoms with Gasteiger partial charge < -0.3 is 19.7 Å². The largest absolute Gasteiger partial charge is 0.493 e. The maximum atomic E-state index is 13.2. The molecule has 1 aliphatic rings. The zero-order valence-corrected chi connectivity index (χ0v) is 17.9. The molecule has 0 radical (unpaired) electrons. The number of piperazine rings is 1. The molecule has 0 unspecified atom stereocenters. The predicted octanol–water partition coefficient (Wildman–Crippen LogP) is 1.17. The average molecular weight is 414 g/mol. The first kappa shape index (κ1) is 22.4. The van der Waals surface area contributed by atoms with Gasteiger partial charge >= 0.3 is 0 Å². The Balaban J connectivity index is 2.19. The smallest absolute Gasteiger partial charge is 0.243 e. The van der Waals surface area contributed by atoms with Crippen LogP contribution >= 0.6 is 0 Å². The molecule has 1 saturated heterocycles. The summed E-state index contributed by atoms with van der Waals surface area (Å²) in [6.45, 7) is 7.25. The second-order valence-corrected chi connectivity index (χ2v) is 9.09. The third-order valence-corrected chi connectivity index (χ3v) is 6.47. The van der Waals surface area contributed by atoms with Crippen LogP contribution < -0.4 is 14.8 Å². The van der Waals surface area contributed by atoms with E-state index in [1.807, 2.05) is 13.8 Å². The molecule has 0 atom stereocenters. The third kappa shape index (κ3) is 5.59. The molecule has 158 valence electrons. The Hall–Kier alpha value is -1.84. The highest BCUT2D eigenvalue weighted by atomic mass is 32.2. The Morgan fingerprint density at radius 3 is 2.39 bits per heavy atom. The van der Waals surface area contributed by atoms with Crippen LogP contribution in [0, 0.1) is 5.92 Å². The monoisotopic (exact) mass is 413 g/mol. The van der Waals surface area contributed by atoms with E-state index in [4.69, 9.17) is 9.47 Å². The van der Waals surface area contributed by atoms with Gasteiger partial charge in [-0.25, -0.2) is 8.42 Å². The van der Waals surface area contributed by atoms with Crippen LogP contribution in [0.15, 0.2) is 23.1 Å². The minimum Gasteiger partial charge on any atom is -0.493 e. The number of rotatable bonds is 9. The molecule has 0 aliphatic carbocycles. The van der Waals surface area contributed by atoms with Crippen molar-refractivity contribution >= 4 is 15.9 Å². The van der Waals surface area contributed by atoms with Gasteiger partial charge in [0.15, 0.2) is 11.5 Å². The van der Waals surface area contributed by atoms with Gasteiger partial charge in [0.1, 0.15) is 0 Å². The van der Waals surface area contributed by atoms with Crippen molar-refractivity contribution in [1.82, 2.24) is 14.5 Å². The van der Waals surface area contributed by atoms with E-state index >= 15 is 0 Å². The van der Waals surface area contributed by atoms with E-state index in [0.29, 0.717) is 31.1 Å². The van der Waals surface area contributed by atoms with Crippen molar-refractivity contribution in [3.05, 3.63) is 18.2 Å². The first-order valence-electron chi connectivity index (χ1n) is 9.50. The average Bonchev–Trinajstić information content (AvgIpc) is 2.70. The SMILES string of the molecule is COc1ccc(S(=O)(=O)N(CCC(=O)N2CCNCC2)CC(C)C)cc1OC. The number of benzene rings is 1. The standard InChI is InChI=1S/C19H31N3O5S/c1-15(2)14-22(10-7-19(23)21-11-8-20-9-12-21)28(24,25)16-5-6-17(26-3)18(13-16)27-4/h5-6,13,15,20H,7-12,14H2,1-4H3. The number of nitrogens with zero attached hydrogens (tertiary/aromatic N) is 2. The minimum absolute atomic E-state index is 0.0160. The van der Waals surface area contributed by atoms with Gasteiger partial charge in [-0.1, -0.05) is 13.8 Å². The van der Waals surface area contributed by atoms with Crippen LogP contribution in [0.2, 0.25) is 0 Å². The summed E-state index contributed by atoms with van der Waals surface area (Å²) in [7, 11) is -0.802. The van der Waals surface area contributed by atoms with E-state index in [0.717, 1.165) is 13.1 Å². The van der Waals surface area contributed by atoms with Gasteiger partial charge in [0.05, 0.1) is 19.1 Å². The first-order chi connectivity index (χ1) is 13.3. The van der Waals surface area contributed by atoms with E-state index in [-0.39, 0.29) is 29.7 Å². The molecule has 0 aromatic heterocycles. The molecule has 28 heavy (non-hydrogen) atoms. The first-order valence-corrected chi connectivity index (χ1v) is 10.9. The molecule has 2 rings (SSSR count). The number of carbonyl (C=O) groups excluding carboxylic acids is 1. The molecule has 1 aromatic rings. The summed E-state index contributed by atoms with van der Waals surface area (Å²) in [6, 6.07) is 4.53. The highest BCUT2D eigenvalue weighted by molar-refractivity contribution is 7.89. The Labute approximate surface area is 167 Å². The Morgan fingerprint density at radius 2 is 1.82 bits per heavy atom. The topological polar surface area (TPSA) is 88.2 Å². The molecule has 1 N–H and O–H groups in total. The number of carbonyl (C=O) groups is 1. The van der Waals surface area contributed by atoms with Crippen molar-refractivity contribution in [3.63, 3.8) is 0 Å². The number of hydrogen-bond acceptors (Lipinski definition) is 6. The fourth-order valence-corrected chi connectivity index (χ4v) is 4.76. The van der Waals surface area contributed by atoms with Crippen LogP contribution in [0.25, 0.3) is 0 Å². The normalized spacial score (nSPS) is 15.1. The Bertz CT molecular complexity index is 761. The van der Waals surface area contributed by atoms with Crippen LogP contribution in [0.4, 0.5) is 0 Å². The number of ether oxygens (including phenoxy) is 2. The summed E-state index contributed by atoms with van der Waals surface area (Å²) in [5, 5.41) is 3.20. The second kappa shape index (κ2) is 10.1. The van der Waals surface area contributed by atoms with E-state index in [9.17, 15) is 13.2 Å². The van der Waals surface area contributed by atoms with Crippen molar-refractivity contribution in [3.8, 4) is 11.5 Å². The second-order valence-electron chi connectivity index (χ2n) is 7.15. The lowest BCUT2D eigenvalue weighted by atomic mass is 10.2. The van der Waals surface area contributed by atoms with Crippen LogP contribution in [0.3, 0.4) is 0 Å². The maximum Gasteiger partial charge on any atom is 0.243 e. The number of hydrogen-bond donors (Lipinski definition) is 1. The van der Waals surface area contributed by atoms with Gasteiger partial charge in [-0.3, -0.25) is 4.79 Å². The van der Waals surface area contributed by atoms with E-state index in [1.165, 1.54) is 30.7 Å². The molecule has 1 aliphatic heterocycles. The maximum absolute atomic E-state index is 13.2. The number of methoxy groups -OCH3 is 2. The van der Waals surface area contributed by atoms with Crippen LogP contribution in [-0.4, -0.2) is 77.0 Å². The molecule has 1 aromatic carbocycles. The fourth-order valence-electron chi connectivity index (χ4n) is 3.14. The van der Waals surface area contributed by atoms with Crippen molar-refractivity contribution in [2.24, 2.45) is 5.92 Å². The summed E-state index contributed by atoms with van der Waals surface area (Å²) in [5.41, 5.74) is 0. The number of nitrogens with one attached hydrogen (secondary N) is 1. The molecule has 0 bridgehead atoms. The molecule has 1 heterocycles. The molecule has 0 spiro atoms. The quantitative estimate of drug-likeness (QED) is 0.654. The molecule has 1 fully saturated rings. The van der Waals surface area contributed by atoms with E-state index < -0.39 is 10.0 Å². The van der Waals surface area contributed by atoms with Gasteiger partial charge in [-0.05, 0) is 18.1 Å². The van der Waals surface area contributed by atoms with Crippen molar-refractivity contribution in [1.29, 1.82) is 0 Å². The zero-order chi connectivity index (χ0) is 20.7. The summed E-state index contributed by atoms with van der Waals surface area (Å²) in [5.74, 6) is 0.928. The molecular weight excluding hydrogens is 382 g/mol. The summed E-state index contributed by atoms with van der Waals surface area (Å²) in [4.78, 5) is 14.4. The molecule has 1 amide bonds. The Morgan fingerprint density at radius 1 is 1.18 bits per heavy atom. The van der Waals surface area contributed by atoms with Crippen molar-refractivity contribution in [2.75, 3.05) is 53.5 Å². The molecule has 0 saturated carbocycles. The van der Waals surface area contributed by atoms with Crippen LogP contribution in [0.5, 0.6) is 11.5 Å². The summed E-state index contributed by atoms with van der Waals surface area (Å²) < 4.78 is 38.2. The van der Waals surface area contributed by atoms with Crippen LogP contribution in [-0.2, 0) is 14.8 Å². The Kier molecular flexibility index (Phi) is 8.09. The summed E-state index contributed by atoms with van der Waals surface area (Å²) >= 11 is 0. The molecule has 9 heteroatoms. The van der Waals surface area contributed by atoms with E-state index in [1.54, 1.807) is 11.0 Å². The lowest BCUT2D eigenvalue weighted by molar-refractivity contribution is -0.131. The predicted molar refractivity (Wildman–Crippen MR) is 107 cm³/mol.